The summed E-state index contributed by atoms with van der Waals surface area (Å²) in [7, 11) is 0. The summed E-state index contributed by atoms with van der Waals surface area (Å²) >= 11 is 0. The van der Waals surface area contributed by atoms with Crippen LogP contribution in [0.3, 0.4) is 0 Å². The maximum absolute atomic E-state index is 13.2. The van der Waals surface area contributed by atoms with Gasteiger partial charge in [-0.05, 0) is 29.2 Å². The van der Waals surface area contributed by atoms with Crippen LogP contribution in [0.4, 0.5) is 4.39 Å². The average molecular weight is 255 g/mol. The lowest BCUT2D eigenvalue weighted by atomic mass is 9.89. The standard InChI is InChI=1S/C15H14FN3/c1-15(2,3)12-8-18-14(19-9-12)10-4-5-13(16)11(6-10)7-17/h4-6,8-9H,1-3H3. The van der Waals surface area contributed by atoms with Crippen molar-refractivity contribution < 1.29 is 4.39 Å². The molecule has 96 valence electrons. The van der Waals surface area contributed by atoms with Crippen LogP contribution in [0.15, 0.2) is 30.6 Å². The molecule has 3 nitrogen and oxygen atoms in total. The topological polar surface area (TPSA) is 49.6 Å². The van der Waals surface area contributed by atoms with Gasteiger partial charge < -0.3 is 0 Å². The van der Waals surface area contributed by atoms with Crippen molar-refractivity contribution in [3.63, 3.8) is 0 Å². The zero-order valence-electron chi connectivity index (χ0n) is 11.1. The first-order valence-corrected chi connectivity index (χ1v) is 5.94. The summed E-state index contributed by atoms with van der Waals surface area (Å²) in [5.41, 5.74) is 1.65. The van der Waals surface area contributed by atoms with Crippen LogP contribution in [0.2, 0.25) is 0 Å². The van der Waals surface area contributed by atoms with E-state index in [9.17, 15) is 4.39 Å². The van der Waals surface area contributed by atoms with Crippen molar-refractivity contribution in [3.8, 4) is 17.5 Å². The molecule has 4 heteroatoms. The molecule has 0 spiro atoms. The van der Waals surface area contributed by atoms with Crippen LogP contribution in [0, 0.1) is 17.1 Å². The Kier molecular flexibility index (Phi) is 3.30. The van der Waals surface area contributed by atoms with Gasteiger partial charge >= 0.3 is 0 Å². The molecule has 19 heavy (non-hydrogen) atoms. The lowest BCUT2D eigenvalue weighted by molar-refractivity contribution is 0.584. The quantitative estimate of drug-likeness (QED) is 0.784. The third kappa shape index (κ3) is 2.76. The molecule has 0 N–H and O–H groups in total. The van der Waals surface area contributed by atoms with Crippen molar-refractivity contribution in [2.45, 2.75) is 26.2 Å². The number of nitriles is 1. The molecule has 1 heterocycles. The van der Waals surface area contributed by atoms with Gasteiger partial charge in [0, 0.05) is 18.0 Å². The van der Waals surface area contributed by atoms with E-state index >= 15 is 0 Å². The van der Waals surface area contributed by atoms with E-state index in [0.29, 0.717) is 11.4 Å². The Morgan fingerprint density at radius 2 is 1.79 bits per heavy atom. The molecule has 0 aliphatic rings. The predicted molar refractivity (Wildman–Crippen MR) is 70.8 cm³/mol. The number of aromatic nitrogens is 2. The fourth-order valence-corrected chi connectivity index (χ4v) is 1.61. The normalized spacial score (nSPS) is 11.1. The van der Waals surface area contributed by atoms with Crippen molar-refractivity contribution in [3.05, 3.63) is 47.5 Å². The summed E-state index contributed by atoms with van der Waals surface area (Å²) in [5.74, 6) is -0.0398. The highest BCUT2D eigenvalue weighted by Gasteiger charge is 2.15. The molecule has 2 rings (SSSR count). The first kappa shape index (κ1) is 13.2. The van der Waals surface area contributed by atoms with Gasteiger partial charge in [-0.15, -0.1) is 0 Å². The second-order valence-electron chi connectivity index (χ2n) is 5.35. The van der Waals surface area contributed by atoms with Crippen LogP contribution >= 0.6 is 0 Å². The number of benzene rings is 1. The van der Waals surface area contributed by atoms with E-state index in [1.54, 1.807) is 18.5 Å². The van der Waals surface area contributed by atoms with E-state index in [1.165, 1.54) is 12.1 Å². The van der Waals surface area contributed by atoms with Gasteiger partial charge in [-0.2, -0.15) is 5.26 Å². The lowest BCUT2D eigenvalue weighted by Gasteiger charge is -2.17. The Balaban J connectivity index is 2.41. The minimum absolute atomic E-state index is 0.000924. The molecule has 0 radical (unpaired) electrons. The van der Waals surface area contributed by atoms with Gasteiger partial charge in [0.15, 0.2) is 5.82 Å². The third-order valence-electron chi connectivity index (χ3n) is 2.86. The van der Waals surface area contributed by atoms with Crippen molar-refractivity contribution in [1.29, 1.82) is 5.26 Å². The van der Waals surface area contributed by atoms with Crippen LogP contribution in [0.1, 0.15) is 31.9 Å². The zero-order chi connectivity index (χ0) is 14.0. The number of hydrogen-bond donors (Lipinski definition) is 0. The largest absolute Gasteiger partial charge is 0.236 e. The van der Waals surface area contributed by atoms with Crippen LogP contribution in [-0.2, 0) is 5.41 Å². The van der Waals surface area contributed by atoms with Crippen molar-refractivity contribution in [1.82, 2.24) is 9.97 Å². The number of hydrogen-bond acceptors (Lipinski definition) is 3. The molecular weight excluding hydrogens is 241 g/mol. The fraction of sp³-hybridized carbons (Fsp3) is 0.267. The number of halogens is 1. The SMILES string of the molecule is CC(C)(C)c1cnc(-c2ccc(F)c(C#N)c2)nc1. The Morgan fingerprint density at radius 1 is 1.16 bits per heavy atom. The highest BCUT2D eigenvalue weighted by molar-refractivity contribution is 5.58. The molecule has 0 amide bonds. The van der Waals surface area contributed by atoms with Gasteiger partial charge in [0.2, 0.25) is 0 Å². The fourth-order valence-electron chi connectivity index (χ4n) is 1.61. The first-order chi connectivity index (χ1) is 8.91. The molecule has 0 unspecified atom stereocenters. The maximum atomic E-state index is 13.2. The van der Waals surface area contributed by atoms with Gasteiger partial charge in [0.1, 0.15) is 11.9 Å². The smallest absolute Gasteiger partial charge is 0.159 e. The van der Waals surface area contributed by atoms with E-state index in [2.05, 4.69) is 30.7 Å². The van der Waals surface area contributed by atoms with Gasteiger partial charge in [-0.25, -0.2) is 14.4 Å². The maximum Gasteiger partial charge on any atom is 0.159 e. The summed E-state index contributed by atoms with van der Waals surface area (Å²) in [6, 6.07) is 6.10. The van der Waals surface area contributed by atoms with E-state index in [0.717, 1.165) is 5.56 Å². The second-order valence-corrected chi connectivity index (χ2v) is 5.35. The Bertz CT molecular complexity index is 634. The summed E-state index contributed by atoms with van der Waals surface area (Å²) in [4.78, 5) is 8.55. The molecule has 0 bridgehead atoms. The van der Waals surface area contributed by atoms with Crippen molar-refractivity contribution in [2.24, 2.45) is 0 Å². The molecule has 0 saturated carbocycles. The molecular formula is C15H14FN3. The molecule has 0 saturated heterocycles. The van der Waals surface area contributed by atoms with E-state index < -0.39 is 5.82 Å². The highest BCUT2D eigenvalue weighted by atomic mass is 19.1. The number of rotatable bonds is 1. The summed E-state index contributed by atoms with van der Waals surface area (Å²) < 4.78 is 13.2. The Labute approximate surface area is 111 Å². The zero-order valence-corrected chi connectivity index (χ0v) is 11.1. The summed E-state index contributed by atoms with van der Waals surface area (Å²) in [6.07, 6.45) is 3.52. The highest BCUT2D eigenvalue weighted by Crippen LogP contribution is 2.23. The van der Waals surface area contributed by atoms with Gasteiger partial charge in [-0.1, -0.05) is 20.8 Å². The minimum atomic E-state index is -0.530. The molecule has 2 aromatic rings. The lowest BCUT2D eigenvalue weighted by Crippen LogP contribution is -2.12. The van der Waals surface area contributed by atoms with Gasteiger partial charge in [-0.3, -0.25) is 0 Å². The van der Waals surface area contributed by atoms with Crippen molar-refractivity contribution in [2.75, 3.05) is 0 Å². The molecule has 1 aromatic carbocycles. The minimum Gasteiger partial charge on any atom is -0.236 e. The summed E-state index contributed by atoms with van der Waals surface area (Å²) in [6.45, 7) is 6.24. The second kappa shape index (κ2) is 4.77. The van der Waals surface area contributed by atoms with Crippen LogP contribution in [0.25, 0.3) is 11.4 Å². The summed E-state index contributed by atoms with van der Waals surface area (Å²) in [5, 5.41) is 8.81. The van der Waals surface area contributed by atoms with E-state index in [4.69, 9.17) is 5.26 Å². The van der Waals surface area contributed by atoms with Gasteiger partial charge in [0.05, 0.1) is 5.56 Å². The predicted octanol–water partition coefficient (Wildman–Crippen LogP) is 3.45. The average Bonchev–Trinajstić information content (AvgIpc) is 2.38. The molecule has 0 aliphatic carbocycles. The molecule has 1 aromatic heterocycles. The van der Waals surface area contributed by atoms with Crippen LogP contribution in [0.5, 0.6) is 0 Å². The van der Waals surface area contributed by atoms with E-state index in [-0.39, 0.29) is 11.0 Å². The molecule has 0 fully saturated rings. The monoisotopic (exact) mass is 255 g/mol. The Hall–Kier alpha value is -2.28. The van der Waals surface area contributed by atoms with Gasteiger partial charge in [0.25, 0.3) is 0 Å². The first-order valence-electron chi connectivity index (χ1n) is 5.94. The molecule has 0 atom stereocenters. The van der Waals surface area contributed by atoms with Crippen LogP contribution in [-0.4, -0.2) is 9.97 Å². The third-order valence-corrected chi connectivity index (χ3v) is 2.86. The number of nitrogens with zero attached hydrogens (tertiary/aromatic N) is 3. The van der Waals surface area contributed by atoms with E-state index in [1.807, 2.05) is 6.07 Å². The van der Waals surface area contributed by atoms with Crippen LogP contribution < -0.4 is 0 Å². The van der Waals surface area contributed by atoms with Crippen molar-refractivity contribution >= 4 is 0 Å². The Morgan fingerprint density at radius 3 is 2.32 bits per heavy atom. The molecule has 0 aliphatic heterocycles.